The largest absolute Gasteiger partial charge is 0.486 e. The number of benzene rings is 1. The zero-order valence-corrected chi connectivity index (χ0v) is 14.2. The predicted octanol–water partition coefficient (Wildman–Crippen LogP) is 2.63. The van der Waals surface area contributed by atoms with E-state index < -0.39 is 0 Å². The second kappa shape index (κ2) is 8.04. The van der Waals surface area contributed by atoms with Gasteiger partial charge in [0.05, 0.1) is 0 Å². The van der Waals surface area contributed by atoms with E-state index in [1.807, 2.05) is 43.4 Å². The van der Waals surface area contributed by atoms with Gasteiger partial charge in [0.1, 0.15) is 19.0 Å². The molecule has 0 saturated carbocycles. The van der Waals surface area contributed by atoms with Crippen molar-refractivity contribution in [2.75, 3.05) is 32.2 Å². The first-order valence-electron chi connectivity index (χ1n) is 7.45. The third-order valence-electron chi connectivity index (χ3n) is 3.57. The van der Waals surface area contributed by atoms with Gasteiger partial charge < -0.3 is 19.7 Å². The van der Waals surface area contributed by atoms with Crippen molar-refractivity contribution < 1.29 is 9.47 Å². The summed E-state index contributed by atoms with van der Waals surface area (Å²) in [6.45, 7) is 2.71. The molecule has 0 fully saturated rings. The van der Waals surface area contributed by atoms with Crippen molar-refractivity contribution in [1.82, 2.24) is 10.3 Å². The number of fused-ring (bicyclic) bond motifs is 1. The van der Waals surface area contributed by atoms with E-state index in [-0.39, 0.29) is 12.4 Å². The van der Waals surface area contributed by atoms with E-state index >= 15 is 0 Å². The summed E-state index contributed by atoms with van der Waals surface area (Å²) in [6, 6.07) is 10.1. The van der Waals surface area contributed by atoms with E-state index in [9.17, 15) is 0 Å². The van der Waals surface area contributed by atoms with Gasteiger partial charge in [-0.15, -0.1) is 12.4 Å². The summed E-state index contributed by atoms with van der Waals surface area (Å²) in [5, 5.41) is 3.46. The number of nitrogens with zero attached hydrogens (tertiary/aromatic N) is 2. The minimum Gasteiger partial charge on any atom is -0.486 e. The number of halogens is 1. The summed E-state index contributed by atoms with van der Waals surface area (Å²) in [4.78, 5) is 6.44. The Morgan fingerprint density at radius 1 is 1.04 bits per heavy atom. The molecule has 2 aromatic rings. The smallest absolute Gasteiger partial charge is 0.165 e. The third-order valence-corrected chi connectivity index (χ3v) is 3.57. The first-order chi connectivity index (χ1) is 10.8. The van der Waals surface area contributed by atoms with Crippen LogP contribution in [0.15, 0.2) is 36.5 Å². The lowest BCUT2D eigenvalue weighted by atomic mass is 10.1. The zero-order valence-electron chi connectivity index (χ0n) is 13.4. The molecular formula is C17H22ClN3O2. The highest BCUT2D eigenvalue weighted by Gasteiger charge is 2.15. The van der Waals surface area contributed by atoms with Crippen molar-refractivity contribution in [1.29, 1.82) is 0 Å². The van der Waals surface area contributed by atoms with E-state index in [0.29, 0.717) is 13.2 Å². The maximum atomic E-state index is 5.73. The summed E-state index contributed by atoms with van der Waals surface area (Å²) >= 11 is 0. The first-order valence-corrected chi connectivity index (χ1v) is 7.45. The minimum absolute atomic E-state index is 0. The van der Waals surface area contributed by atoms with Gasteiger partial charge in [-0.1, -0.05) is 18.2 Å². The molecule has 0 unspecified atom stereocenters. The summed E-state index contributed by atoms with van der Waals surface area (Å²) in [5.74, 6) is 2.69. The van der Waals surface area contributed by atoms with E-state index in [1.54, 1.807) is 0 Å². The van der Waals surface area contributed by atoms with Crippen LogP contribution >= 0.6 is 12.4 Å². The lowest BCUT2D eigenvalue weighted by molar-refractivity contribution is 0.169. The van der Waals surface area contributed by atoms with Gasteiger partial charge in [-0.3, -0.25) is 0 Å². The van der Waals surface area contributed by atoms with Crippen molar-refractivity contribution in [2.45, 2.75) is 13.1 Å². The van der Waals surface area contributed by atoms with E-state index in [2.05, 4.69) is 22.4 Å². The van der Waals surface area contributed by atoms with Gasteiger partial charge in [-0.25, -0.2) is 4.98 Å². The molecule has 0 amide bonds. The minimum atomic E-state index is 0. The SMILES string of the molecule is CN(C)c1ncccc1CNCc1cccc2c1OCCO2.Cl. The van der Waals surface area contributed by atoms with Gasteiger partial charge in [0.2, 0.25) is 0 Å². The number of anilines is 1. The predicted molar refractivity (Wildman–Crippen MR) is 93.8 cm³/mol. The number of nitrogens with one attached hydrogen (secondary N) is 1. The van der Waals surface area contributed by atoms with Crippen LogP contribution in [0.2, 0.25) is 0 Å². The number of hydrogen-bond donors (Lipinski definition) is 1. The van der Waals surface area contributed by atoms with Crippen LogP contribution < -0.4 is 19.7 Å². The quantitative estimate of drug-likeness (QED) is 0.910. The molecule has 0 bridgehead atoms. The number of rotatable bonds is 5. The van der Waals surface area contributed by atoms with Gasteiger partial charge in [0.25, 0.3) is 0 Å². The highest BCUT2D eigenvalue weighted by Crippen LogP contribution is 2.33. The second-order valence-corrected chi connectivity index (χ2v) is 5.43. The molecule has 1 aliphatic heterocycles. The molecule has 124 valence electrons. The van der Waals surface area contributed by atoms with Crippen LogP contribution in [0.1, 0.15) is 11.1 Å². The number of ether oxygens (including phenoxy) is 2. The Labute approximate surface area is 143 Å². The average Bonchev–Trinajstić information content (AvgIpc) is 2.55. The number of aromatic nitrogens is 1. The molecular weight excluding hydrogens is 314 g/mol. The molecule has 1 aromatic heterocycles. The average molecular weight is 336 g/mol. The Kier molecular flexibility index (Phi) is 6.07. The molecule has 23 heavy (non-hydrogen) atoms. The van der Waals surface area contributed by atoms with Gasteiger partial charge >= 0.3 is 0 Å². The number of hydrogen-bond acceptors (Lipinski definition) is 5. The van der Waals surface area contributed by atoms with Crippen molar-refractivity contribution in [3.63, 3.8) is 0 Å². The molecule has 1 aromatic carbocycles. The summed E-state index contributed by atoms with van der Waals surface area (Å²) in [7, 11) is 4.01. The Bertz CT molecular complexity index is 649. The lowest BCUT2D eigenvalue weighted by Gasteiger charge is -2.21. The standard InChI is InChI=1S/C17H21N3O2.ClH/c1-20(2)17-14(6-4-8-19-17)12-18-11-13-5-3-7-15-16(13)22-10-9-21-15;/h3-8,18H,9-12H2,1-2H3;1H. The maximum Gasteiger partial charge on any atom is 0.165 e. The molecule has 5 nitrogen and oxygen atoms in total. The van der Waals surface area contributed by atoms with Gasteiger partial charge in [0.15, 0.2) is 11.5 Å². The molecule has 3 rings (SSSR count). The molecule has 1 aliphatic rings. The fraction of sp³-hybridized carbons (Fsp3) is 0.353. The van der Waals surface area contributed by atoms with Crippen molar-refractivity contribution >= 4 is 18.2 Å². The molecule has 0 radical (unpaired) electrons. The Morgan fingerprint density at radius 2 is 1.78 bits per heavy atom. The molecule has 0 spiro atoms. The van der Waals surface area contributed by atoms with E-state index in [0.717, 1.165) is 36.0 Å². The molecule has 0 atom stereocenters. The normalized spacial score (nSPS) is 12.4. The van der Waals surface area contributed by atoms with Crippen molar-refractivity contribution in [3.8, 4) is 11.5 Å². The Balaban J connectivity index is 0.00000192. The van der Waals surface area contributed by atoms with E-state index in [1.165, 1.54) is 5.56 Å². The summed E-state index contributed by atoms with van der Waals surface area (Å²) in [6.07, 6.45) is 1.82. The number of pyridine rings is 1. The zero-order chi connectivity index (χ0) is 15.4. The first kappa shape index (κ1) is 17.4. The highest BCUT2D eigenvalue weighted by atomic mass is 35.5. The fourth-order valence-electron chi connectivity index (χ4n) is 2.58. The molecule has 6 heteroatoms. The lowest BCUT2D eigenvalue weighted by Crippen LogP contribution is -2.20. The van der Waals surface area contributed by atoms with Crippen molar-refractivity contribution in [3.05, 3.63) is 47.7 Å². The van der Waals surface area contributed by atoms with Crippen LogP contribution in [0.25, 0.3) is 0 Å². The van der Waals surface area contributed by atoms with Crippen LogP contribution in [-0.2, 0) is 13.1 Å². The second-order valence-electron chi connectivity index (χ2n) is 5.43. The molecule has 2 heterocycles. The highest BCUT2D eigenvalue weighted by molar-refractivity contribution is 5.85. The fourth-order valence-corrected chi connectivity index (χ4v) is 2.58. The number of para-hydroxylation sites is 1. The molecule has 0 saturated heterocycles. The van der Waals surface area contributed by atoms with Crippen molar-refractivity contribution in [2.24, 2.45) is 0 Å². The molecule has 1 N–H and O–H groups in total. The summed E-state index contributed by atoms with van der Waals surface area (Å²) < 4.78 is 11.3. The maximum absolute atomic E-state index is 5.73. The van der Waals surface area contributed by atoms with Gasteiger partial charge in [0, 0.05) is 44.5 Å². The Hall–Kier alpha value is -1.98. The topological polar surface area (TPSA) is 46.6 Å². The Morgan fingerprint density at radius 3 is 2.61 bits per heavy atom. The van der Waals surface area contributed by atoms with Gasteiger partial charge in [-0.2, -0.15) is 0 Å². The van der Waals surface area contributed by atoms with Crippen LogP contribution in [-0.4, -0.2) is 32.3 Å². The van der Waals surface area contributed by atoms with E-state index in [4.69, 9.17) is 9.47 Å². The van der Waals surface area contributed by atoms with Crippen LogP contribution in [0.3, 0.4) is 0 Å². The summed E-state index contributed by atoms with van der Waals surface area (Å²) in [5.41, 5.74) is 2.29. The van der Waals surface area contributed by atoms with Gasteiger partial charge in [-0.05, 0) is 12.1 Å². The monoisotopic (exact) mass is 335 g/mol. The van der Waals surface area contributed by atoms with Crippen LogP contribution in [0.4, 0.5) is 5.82 Å². The van der Waals surface area contributed by atoms with Crippen LogP contribution in [0, 0.1) is 0 Å². The third kappa shape index (κ3) is 4.06. The molecule has 0 aliphatic carbocycles. The van der Waals surface area contributed by atoms with Crippen LogP contribution in [0.5, 0.6) is 11.5 Å².